The van der Waals surface area contributed by atoms with Crippen LogP contribution >= 0.6 is 0 Å². The number of methoxy groups -OCH3 is 1. The summed E-state index contributed by atoms with van der Waals surface area (Å²) in [5.41, 5.74) is 14.3. The third-order valence-corrected chi connectivity index (χ3v) is 6.41. The maximum atomic E-state index is 12.3. The van der Waals surface area contributed by atoms with Crippen LogP contribution in [0.4, 0.5) is 0 Å². The molecule has 0 spiro atoms. The standard InChI is InChI=1S/C29H26N2O2/c1-18-7-8-19(2)22(15-18)17-31-26-6-4-5-25(29(30)32)28(26)24-14-11-21(16-27(24)31)20-9-12-23(33-3)13-10-20/h4-16H,17H2,1-3H3,(H2,30,32). The van der Waals surface area contributed by atoms with Gasteiger partial charge in [0.05, 0.1) is 18.1 Å². The van der Waals surface area contributed by atoms with Crippen molar-refractivity contribution in [3.05, 3.63) is 101 Å². The topological polar surface area (TPSA) is 57.2 Å². The van der Waals surface area contributed by atoms with Crippen molar-refractivity contribution in [3.63, 3.8) is 0 Å². The molecule has 33 heavy (non-hydrogen) atoms. The smallest absolute Gasteiger partial charge is 0.249 e. The molecule has 5 aromatic rings. The molecule has 0 radical (unpaired) electrons. The Balaban J connectivity index is 1.78. The van der Waals surface area contributed by atoms with Gasteiger partial charge < -0.3 is 15.0 Å². The number of nitrogens with two attached hydrogens (primary N) is 1. The lowest BCUT2D eigenvalue weighted by Gasteiger charge is -2.12. The van der Waals surface area contributed by atoms with Gasteiger partial charge in [0.1, 0.15) is 5.75 Å². The van der Waals surface area contributed by atoms with E-state index in [-0.39, 0.29) is 0 Å². The zero-order chi connectivity index (χ0) is 23.1. The fraction of sp³-hybridized carbons (Fsp3) is 0.138. The molecule has 5 rings (SSSR count). The number of ether oxygens (including phenoxy) is 1. The summed E-state index contributed by atoms with van der Waals surface area (Å²) in [7, 11) is 1.67. The number of fused-ring (bicyclic) bond motifs is 3. The molecule has 0 aliphatic rings. The summed E-state index contributed by atoms with van der Waals surface area (Å²) in [4.78, 5) is 12.3. The first-order chi connectivity index (χ1) is 16.0. The van der Waals surface area contributed by atoms with Crippen molar-refractivity contribution in [2.24, 2.45) is 5.73 Å². The first-order valence-electron chi connectivity index (χ1n) is 11.0. The molecule has 1 aromatic heterocycles. The monoisotopic (exact) mass is 434 g/mol. The second-order valence-electron chi connectivity index (χ2n) is 8.54. The Morgan fingerprint density at radius 3 is 2.36 bits per heavy atom. The number of hydrogen-bond donors (Lipinski definition) is 1. The van der Waals surface area contributed by atoms with E-state index in [1.807, 2.05) is 24.3 Å². The van der Waals surface area contributed by atoms with Crippen LogP contribution in [0.1, 0.15) is 27.0 Å². The van der Waals surface area contributed by atoms with Gasteiger partial charge in [0.2, 0.25) is 5.91 Å². The summed E-state index contributed by atoms with van der Waals surface area (Å²) < 4.78 is 7.61. The zero-order valence-corrected chi connectivity index (χ0v) is 19.1. The van der Waals surface area contributed by atoms with Crippen molar-refractivity contribution in [1.82, 2.24) is 4.57 Å². The van der Waals surface area contributed by atoms with E-state index in [9.17, 15) is 4.79 Å². The van der Waals surface area contributed by atoms with E-state index in [1.54, 1.807) is 7.11 Å². The lowest BCUT2D eigenvalue weighted by molar-refractivity contribution is 0.100. The van der Waals surface area contributed by atoms with E-state index >= 15 is 0 Å². The van der Waals surface area contributed by atoms with Crippen LogP contribution in [-0.4, -0.2) is 17.6 Å². The van der Waals surface area contributed by atoms with Crippen molar-refractivity contribution in [2.45, 2.75) is 20.4 Å². The average Bonchev–Trinajstić information content (AvgIpc) is 3.14. The van der Waals surface area contributed by atoms with Gasteiger partial charge in [-0.15, -0.1) is 0 Å². The third kappa shape index (κ3) is 3.64. The van der Waals surface area contributed by atoms with Crippen LogP contribution in [0.15, 0.2) is 78.9 Å². The number of carbonyl (C=O) groups is 1. The Kier molecular flexibility index (Phi) is 5.14. The van der Waals surface area contributed by atoms with Gasteiger partial charge in [-0.1, -0.05) is 54.1 Å². The lowest BCUT2D eigenvalue weighted by Crippen LogP contribution is -2.11. The molecule has 2 N–H and O–H groups in total. The maximum Gasteiger partial charge on any atom is 0.249 e. The number of carbonyl (C=O) groups excluding carboxylic acids is 1. The summed E-state index contributed by atoms with van der Waals surface area (Å²) in [6.07, 6.45) is 0. The second kappa shape index (κ2) is 8.14. The molecule has 0 atom stereocenters. The first kappa shape index (κ1) is 20.8. The summed E-state index contributed by atoms with van der Waals surface area (Å²) in [6, 6.07) is 26.8. The SMILES string of the molecule is COc1ccc(-c2ccc3c4c(C(N)=O)cccc4n(Cc4cc(C)ccc4C)c3c2)cc1. The lowest BCUT2D eigenvalue weighted by atomic mass is 10.0. The molecule has 0 bridgehead atoms. The minimum atomic E-state index is -0.411. The Morgan fingerprint density at radius 1 is 0.879 bits per heavy atom. The number of hydrogen-bond acceptors (Lipinski definition) is 2. The molecule has 4 nitrogen and oxygen atoms in total. The van der Waals surface area contributed by atoms with Gasteiger partial charge >= 0.3 is 0 Å². The number of primary amides is 1. The summed E-state index contributed by atoms with van der Waals surface area (Å²) in [5, 5.41) is 1.94. The molecule has 4 aromatic carbocycles. The minimum absolute atomic E-state index is 0.411. The van der Waals surface area contributed by atoms with E-state index in [1.165, 1.54) is 16.7 Å². The third-order valence-electron chi connectivity index (χ3n) is 6.41. The van der Waals surface area contributed by atoms with Gasteiger partial charge in [0.25, 0.3) is 0 Å². The fourth-order valence-corrected chi connectivity index (χ4v) is 4.62. The van der Waals surface area contributed by atoms with Gasteiger partial charge in [-0.25, -0.2) is 0 Å². The molecule has 0 unspecified atom stereocenters. The molecule has 1 heterocycles. The summed E-state index contributed by atoms with van der Waals surface area (Å²) >= 11 is 0. The van der Waals surface area contributed by atoms with Crippen LogP contribution < -0.4 is 10.5 Å². The molecule has 4 heteroatoms. The minimum Gasteiger partial charge on any atom is -0.497 e. The average molecular weight is 435 g/mol. The van der Waals surface area contributed by atoms with Crippen molar-refractivity contribution in [2.75, 3.05) is 7.11 Å². The van der Waals surface area contributed by atoms with E-state index in [0.717, 1.165) is 38.7 Å². The van der Waals surface area contributed by atoms with Gasteiger partial charge in [-0.3, -0.25) is 4.79 Å². The van der Waals surface area contributed by atoms with Crippen LogP contribution in [0.2, 0.25) is 0 Å². The Morgan fingerprint density at radius 2 is 1.64 bits per heavy atom. The van der Waals surface area contributed by atoms with Crippen molar-refractivity contribution >= 4 is 27.7 Å². The predicted molar refractivity (Wildman–Crippen MR) is 135 cm³/mol. The quantitative estimate of drug-likeness (QED) is 0.356. The van der Waals surface area contributed by atoms with Crippen LogP contribution in [0.5, 0.6) is 5.75 Å². The van der Waals surface area contributed by atoms with Crippen LogP contribution in [-0.2, 0) is 6.54 Å². The van der Waals surface area contributed by atoms with E-state index in [2.05, 4.69) is 73.0 Å². The van der Waals surface area contributed by atoms with Crippen molar-refractivity contribution in [1.29, 1.82) is 0 Å². The fourth-order valence-electron chi connectivity index (χ4n) is 4.62. The van der Waals surface area contributed by atoms with Crippen LogP contribution in [0.25, 0.3) is 32.9 Å². The number of amides is 1. The molecule has 0 aliphatic carbocycles. The number of aryl methyl sites for hydroxylation is 2. The molecule has 0 fully saturated rings. The molecular formula is C29H26N2O2. The highest BCUT2D eigenvalue weighted by Crippen LogP contribution is 2.35. The Hall–Kier alpha value is -4.05. The number of rotatable bonds is 5. The number of nitrogens with zero attached hydrogens (tertiary/aromatic N) is 1. The van der Waals surface area contributed by atoms with Crippen LogP contribution in [0.3, 0.4) is 0 Å². The van der Waals surface area contributed by atoms with Crippen molar-refractivity contribution in [3.8, 4) is 16.9 Å². The van der Waals surface area contributed by atoms with Gasteiger partial charge in [0, 0.05) is 22.9 Å². The first-order valence-corrected chi connectivity index (χ1v) is 11.0. The highest BCUT2D eigenvalue weighted by Gasteiger charge is 2.18. The normalized spacial score (nSPS) is 11.2. The van der Waals surface area contributed by atoms with Crippen molar-refractivity contribution < 1.29 is 9.53 Å². The molecule has 0 saturated heterocycles. The van der Waals surface area contributed by atoms with Gasteiger partial charge in [0.15, 0.2) is 0 Å². The van der Waals surface area contributed by atoms with E-state index in [4.69, 9.17) is 10.5 Å². The second-order valence-corrected chi connectivity index (χ2v) is 8.54. The highest BCUT2D eigenvalue weighted by atomic mass is 16.5. The molecule has 1 amide bonds. The Labute approximate surface area is 193 Å². The highest BCUT2D eigenvalue weighted by molar-refractivity contribution is 6.18. The number of benzene rings is 4. The molecule has 164 valence electrons. The maximum absolute atomic E-state index is 12.3. The number of aromatic nitrogens is 1. The van der Waals surface area contributed by atoms with Crippen LogP contribution in [0, 0.1) is 13.8 Å². The Bertz CT molecular complexity index is 1510. The molecule has 0 saturated carbocycles. The summed E-state index contributed by atoms with van der Waals surface area (Å²) in [5.74, 6) is 0.417. The van der Waals surface area contributed by atoms with Gasteiger partial charge in [-0.2, -0.15) is 0 Å². The molecule has 0 aliphatic heterocycles. The largest absolute Gasteiger partial charge is 0.497 e. The zero-order valence-electron chi connectivity index (χ0n) is 19.1. The van der Waals surface area contributed by atoms with Gasteiger partial charge in [-0.05, 0) is 66.4 Å². The summed E-state index contributed by atoms with van der Waals surface area (Å²) in [6.45, 7) is 4.96. The molecular weight excluding hydrogens is 408 g/mol. The van der Waals surface area contributed by atoms with E-state index < -0.39 is 5.91 Å². The predicted octanol–water partition coefficient (Wildman–Crippen LogP) is 6.23. The van der Waals surface area contributed by atoms with E-state index in [0.29, 0.717) is 12.1 Å².